The molecule has 0 spiro atoms. The number of hydrogen-bond donors (Lipinski definition) is 2. The van der Waals surface area contributed by atoms with Crippen LogP contribution in [0.5, 0.6) is 0 Å². The van der Waals surface area contributed by atoms with Crippen LogP contribution in [0.25, 0.3) is 22.2 Å². The Morgan fingerprint density at radius 3 is 2.97 bits per heavy atom. The Kier molecular flexibility index (Phi) is 5.00. The van der Waals surface area contributed by atoms with Gasteiger partial charge in [0.1, 0.15) is 5.65 Å². The molecule has 2 N–H and O–H groups in total. The summed E-state index contributed by atoms with van der Waals surface area (Å²) in [6, 6.07) is 7.29. The highest BCUT2D eigenvalue weighted by Crippen LogP contribution is 2.36. The van der Waals surface area contributed by atoms with Crippen molar-refractivity contribution in [3.8, 4) is 11.1 Å². The lowest BCUT2D eigenvalue weighted by molar-refractivity contribution is -0.136. The van der Waals surface area contributed by atoms with Crippen LogP contribution in [0, 0.1) is 12.8 Å². The van der Waals surface area contributed by atoms with E-state index in [4.69, 9.17) is 4.74 Å². The molecule has 2 saturated heterocycles. The van der Waals surface area contributed by atoms with Gasteiger partial charge in [-0.15, -0.1) is 0 Å². The summed E-state index contributed by atoms with van der Waals surface area (Å²) in [5, 5.41) is 4.87. The third-order valence-electron chi connectivity index (χ3n) is 7.47. The zero-order valence-corrected chi connectivity index (χ0v) is 18.6. The highest BCUT2D eigenvalue weighted by Gasteiger charge is 2.32. The van der Waals surface area contributed by atoms with Gasteiger partial charge in [-0.05, 0) is 79.1 Å². The molecule has 6 heteroatoms. The van der Waals surface area contributed by atoms with Gasteiger partial charge in [0.2, 0.25) is 5.91 Å². The van der Waals surface area contributed by atoms with E-state index in [1.807, 2.05) is 12.4 Å². The molecule has 2 unspecified atom stereocenters. The molecule has 0 radical (unpaired) electrons. The van der Waals surface area contributed by atoms with Gasteiger partial charge < -0.3 is 19.9 Å². The summed E-state index contributed by atoms with van der Waals surface area (Å²) in [5.74, 6) is 0.298. The van der Waals surface area contributed by atoms with Gasteiger partial charge in [0, 0.05) is 49.1 Å². The summed E-state index contributed by atoms with van der Waals surface area (Å²) in [6.45, 7) is 5.96. The molecule has 0 bridgehead atoms. The van der Waals surface area contributed by atoms with Crippen molar-refractivity contribution in [3.63, 3.8) is 0 Å². The number of amides is 1. The summed E-state index contributed by atoms with van der Waals surface area (Å²) >= 11 is 0. The van der Waals surface area contributed by atoms with Gasteiger partial charge >= 0.3 is 0 Å². The van der Waals surface area contributed by atoms with Crippen molar-refractivity contribution < 1.29 is 9.53 Å². The number of fused-ring (bicyclic) bond motifs is 2. The smallest absolute Gasteiger partial charge is 0.228 e. The van der Waals surface area contributed by atoms with Gasteiger partial charge in [-0.1, -0.05) is 6.07 Å². The van der Waals surface area contributed by atoms with E-state index in [1.165, 1.54) is 39.6 Å². The minimum absolute atomic E-state index is 0.0336. The molecule has 2 aromatic heterocycles. The quantitative estimate of drug-likeness (QED) is 0.662. The van der Waals surface area contributed by atoms with E-state index in [9.17, 15) is 4.79 Å². The van der Waals surface area contributed by atoms with E-state index >= 15 is 0 Å². The third-order valence-corrected chi connectivity index (χ3v) is 7.47. The van der Waals surface area contributed by atoms with Crippen molar-refractivity contribution in [3.05, 3.63) is 52.8 Å². The van der Waals surface area contributed by atoms with E-state index in [-0.39, 0.29) is 11.8 Å². The summed E-state index contributed by atoms with van der Waals surface area (Å²) in [4.78, 5) is 23.1. The number of pyridine rings is 1. The fourth-order valence-corrected chi connectivity index (χ4v) is 5.59. The number of ether oxygens (including phenoxy) is 1. The summed E-state index contributed by atoms with van der Waals surface area (Å²) < 4.78 is 5.48. The minimum atomic E-state index is 0.0336. The number of benzene rings is 1. The molecule has 32 heavy (non-hydrogen) atoms. The fourth-order valence-electron chi connectivity index (χ4n) is 5.59. The number of hydrogen-bond acceptors (Lipinski definition) is 4. The molecule has 2 atom stereocenters. The van der Waals surface area contributed by atoms with E-state index in [0.29, 0.717) is 25.8 Å². The van der Waals surface area contributed by atoms with Crippen molar-refractivity contribution >= 4 is 16.9 Å². The Hall–Kier alpha value is -2.70. The van der Waals surface area contributed by atoms with Gasteiger partial charge in [-0.2, -0.15) is 0 Å². The first-order chi connectivity index (χ1) is 15.7. The van der Waals surface area contributed by atoms with Crippen LogP contribution < -0.4 is 5.32 Å². The molecule has 0 saturated carbocycles. The zero-order chi connectivity index (χ0) is 21.7. The molecule has 1 amide bonds. The Morgan fingerprint density at radius 2 is 2.16 bits per heavy atom. The number of aromatic amines is 1. The van der Waals surface area contributed by atoms with Crippen LogP contribution in [0.3, 0.4) is 0 Å². The van der Waals surface area contributed by atoms with E-state index < -0.39 is 0 Å². The second-order valence-electron chi connectivity index (χ2n) is 9.51. The first kappa shape index (κ1) is 19.9. The zero-order valence-electron chi connectivity index (χ0n) is 18.6. The molecule has 6 rings (SSSR count). The predicted octanol–water partition coefficient (Wildman–Crippen LogP) is 3.88. The average molecular weight is 431 g/mol. The number of aryl methyl sites for hydroxylation is 1. The SMILES string of the molecule is Cc1c[nH]c2ncc(-c3cc4c(c(C5CCCN5)c3)CN(C(=O)C3CCOC3)CC4)cc12. The Balaban J connectivity index is 1.39. The lowest BCUT2D eigenvalue weighted by Crippen LogP contribution is -2.40. The average Bonchev–Trinajstić information content (AvgIpc) is 3.60. The van der Waals surface area contributed by atoms with Gasteiger partial charge in [-0.3, -0.25) is 4.79 Å². The van der Waals surface area contributed by atoms with Crippen LogP contribution in [0.15, 0.2) is 30.6 Å². The third kappa shape index (κ3) is 3.42. The highest BCUT2D eigenvalue weighted by atomic mass is 16.5. The van der Waals surface area contributed by atoms with Crippen molar-refractivity contribution in [1.29, 1.82) is 0 Å². The van der Waals surface area contributed by atoms with E-state index in [1.54, 1.807) is 0 Å². The van der Waals surface area contributed by atoms with Gasteiger partial charge in [-0.25, -0.2) is 4.98 Å². The number of rotatable bonds is 3. The molecule has 0 aliphatic carbocycles. The lowest BCUT2D eigenvalue weighted by Gasteiger charge is -2.33. The molecule has 3 aliphatic rings. The molecule has 166 valence electrons. The van der Waals surface area contributed by atoms with Crippen molar-refractivity contribution in [2.24, 2.45) is 5.92 Å². The van der Waals surface area contributed by atoms with Crippen LogP contribution in [0.1, 0.15) is 47.6 Å². The largest absolute Gasteiger partial charge is 0.381 e. The Labute approximate surface area is 188 Å². The van der Waals surface area contributed by atoms with Crippen molar-refractivity contribution in [2.75, 3.05) is 26.3 Å². The van der Waals surface area contributed by atoms with Crippen LogP contribution in [0.2, 0.25) is 0 Å². The Morgan fingerprint density at radius 1 is 1.22 bits per heavy atom. The molecule has 6 nitrogen and oxygen atoms in total. The van der Waals surface area contributed by atoms with E-state index in [2.05, 4.69) is 45.3 Å². The molecule has 1 aromatic carbocycles. The molecular formula is C26H30N4O2. The number of nitrogens with zero attached hydrogens (tertiary/aromatic N) is 2. The highest BCUT2D eigenvalue weighted by molar-refractivity contribution is 5.85. The van der Waals surface area contributed by atoms with Crippen LogP contribution in [0.4, 0.5) is 0 Å². The molecular weight excluding hydrogens is 400 g/mol. The van der Waals surface area contributed by atoms with Crippen LogP contribution in [-0.4, -0.2) is 47.1 Å². The number of nitrogens with one attached hydrogen (secondary N) is 2. The molecule has 5 heterocycles. The monoisotopic (exact) mass is 430 g/mol. The molecule has 3 aliphatic heterocycles. The number of aromatic nitrogens is 2. The standard InChI is InChI=1S/C26H30N4O2/c1-16-12-28-25-21(16)11-20(13-29-25)19-9-17-4-7-30(26(31)18-5-8-32-15-18)14-23(17)22(10-19)24-3-2-6-27-24/h9-13,18,24,27H,2-8,14-15H2,1H3,(H,28,29). The normalized spacial score (nSPS) is 23.1. The molecule has 2 fully saturated rings. The maximum absolute atomic E-state index is 13.1. The van der Waals surface area contributed by atoms with Crippen molar-refractivity contribution in [1.82, 2.24) is 20.2 Å². The van der Waals surface area contributed by atoms with Crippen molar-refractivity contribution in [2.45, 2.75) is 45.2 Å². The number of H-pyrrole nitrogens is 1. The maximum atomic E-state index is 13.1. The summed E-state index contributed by atoms with van der Waals surface area (Å²) in [5.41, 5.74) is 8.63. The first-order valence-electron chi connectivity index (χ1n) is 11.9. The Bertz CT molecular complexity index is 1170. The van der Waals surface area contributed by atoms with Gasteiger partial charge in [0.15, 0.2) is 0 Å². The summed E-state index contributed by atoms with van der Waals surface area (Å²) in [6.07, 6.45) is 8.09. The molecule has 3 aromatic rings. The fraction of sp³-hybridized carbons (Fsp3) is 0.462. The van der Waals surface area contributed by atoms with Gasteiger partial charge in [0.05, 0.1) is 12.5 Å². The predicted molar refractivity (Wildman–Crippen MR) is 124 cm³/mol. The minimum Gasteiger partial charge on any atom is -0.381 e. The lowest BCUT2D eigenvalue weighted by atomic mass is 9.86. The number of carbonyl (C=O) groups is 1. The second-order valence-corrected chi connectivity index (χ2v) is 9.51. The van der Waals surface area contributed by atoms with E-state index in [0.717, 1.165) is 43.6 Å². The maximum Gasteiger partial charge on any atom is 0.228 e. The first-order valence-corrected chi connectivity index (χ1v) is 11.9. The van der Waals surface area contributed by atoms with Crippen LogP contribution in [-0.2, 0) is 22.5 Å². The van der Waals surface area contributed by atoms with Gasteiger partial charge in [0.25, 0.3) is 0 Å². The summed E-state index contributed by atoms with van der Waals surface area (Å²) in [7, 11) is 0. The number of carbonyl (C=O) groups excluding carboxylic acids is 1. The topological polar surface area (TPSA) is 70.2 Å². The second kappa shape index (κ2) is 8.01. The van der Waals surface area contributed by atoms with Crippen LogP contribution >= 0.6 is 0 Å².